The fourth-order valence-corrected chi connectivity index (χ4v) is 1.67. The van der Waals surface area contributed by atoms with E-state index < -0.39 is 0 Å². The van der Waals surface area contributed by atoms with E-state index in [2.05, 4.69) is 22.0 Å². The van der Waals surface area contributed by atoms with E-state index in [1.165, 1.54) is 32.5 Å². The van der Waals surface area contributed by atoms with Crippen molar-refractivity contribution in [2.75, 3.05) is 19.6 Å². The van der Waals surface area contributed by atoms with E-state index in [1.54, 1.807) is 16.8 Å². The Morgan fingerprint density at radius 1 is 1.46 bits per heavy atom. The zero-order chi connectivity index (χ0) is 9.52. The van der Waals surface area contributed by atoms with Gasteiger partial charge in [-0.05, 0) is 39.4 Å². The van der Waals surface area contributed by atoms with Crippen LogP contribution in [0.1, 0.15) is 24.8 Å². The summed E-state index contributed by atoms with van der Waals surface area (Å²) < 4.78 is 0. The van der Waals surface area contributed by atoms with E-state index in [0.717, 1.165) is 5.01 Å². The average molecular weight is 199 g/mol. The molecule has 1 aromatic rings. The fraction of sp³-hybridized carbons (Fsp3) is 0.778. The molecular weight excluding hydrogens is 182 g/mol. The second kappa shape index (κ2) is 6.05. The van der Waals surface area contributed by atoms with Crippen molar-refractivity contribution >= 4 is 11.3 Å². The first-order valence-electron chi connectivity index (χ1n) is 4.78. The molecular formula is C9H17N3S. The monoisotopic (exact) mass is 199 g/mol. The maximum atomic E-state index is 3.69. The topological polar surface area (TPSA) is 29.0 Å². The van der Waals surface area contributed by atoms with Crippen LogP contribution in [0.2, 0.25) is 0 Å². The molecule has 0 aromatic carbocycles. The molecule has 0 saturated carbocycles. The number of aromatic nitrogens is 2. The van der Waals surface area contributed by atoms with Crippen LogP contribution in [-0.2, 0) is 0 Å². The van der Waals surface area contributed by atoms with Gasteiger partial charge in [0.2, 0.25) is 0 Å². The van der Waals surface area contributed by atoms with Crippen LogP contribution in [0, 0.1) is 6.92 Å². The second-order valence-electron chi connectivity index (χ2n) is 3.10. The molecule has 0 amide bonds. The van der Waals surface area contributed by atoms with Gasteiger partial charge in [0.1, 0.15) is 10.5 Å². The minimum atomic E-state index is 1.02. The van der Waals surface area contributed by atoms with Crippen molar-refractivity contribution in [3.63, 3.8) is 0 Å². The van der Waals surface area contributed by atoms with Gasteiger partial charge < -0.3 is 4.90 Å². The third kappa shape index (κ3) is 4.33. The van der Waals surface area contributed by atoms with E-state index in [4.69, 9.17) is 0 Å². The summed E-state index contributed by atoms with van der Waals surface area (Å²) in [5.74, 6) is 0. The Kier molecular flexibility index (Phi) is 4.93. The maximum absolute atomic E-state index is 3.69. The molecule has 4 heteroatoms. The summed E-state index contributed by atoms with van der Waals surface area (Å²) in [7, 11) is 0. The first kappa shape index (κ1) is 10.6. The van der Waals surface area contributed by atoms with Gasteiger partial charge in [-0.2, -0.15) is 0 Å². The molecule has 3 nitrogen and oxygen atoms in total. The Bertz CT molecular complexity index is 205. The second-order valence-corrected chi connectivity index (χ2v) is 4.14. The summed E-state index contributed by atoms with van der Waals surface area (Å²) in [5.41, 5.74) is 1.72. The van der Waals surface area contributed by atoms with E-state index in [9.17, 15) is 0 Å². The van der Waals surface area contributed by atoms with E-state index in [-0.39, 0.29) is 0 Å². The van der Waals surface area contributed by atoms with Crippen molar-refractivity contribution in [1.82, 2.24) is 15.1 Å². The number of likely N-dealkylation sites (tertiary alicyclic amines) is 1. The molecule has 0 spiro atoms. The molecule has 1 aliphatic rings. The lowest BCUT2D eigenvalue weighted by Gasteiger charge is -2.08. The Morgan fingerprint density at radius 3 is 2.38 bits per heavy atom. The van der Waals surface area contributed by atoms with E-state index in [0.29, 0.717) is 0 Å². The number of hydrogen-bond acceptors (Lipinski definition) is 4. The molecule has 0 atom stereocenters. The van der Waals surface area contributed by atoms with Gasteiger partial charge in [-0.25, -0.2) is 0 Å². The van der Waals surface area contributed by atoms with Crippen molar-refractivity contribution in [1.29, 1.82) is 0 Å². The molecule has 1 fully saturated rings. The SMILES string of the molecule is CCN1CCCC1.Cc1nncs1. The highest BCUT2D eigenvalue weighted by Crippen LogP contribution is 2.04. The van der Waals surface area contributed by atoms with Gasteiger partial charge >= 0.3 is 0 Å². The minimum absolute atomic E-state index is 1.02. The van der Waals surface area contributed by atoms with Gasteiger partial charge in [-0.3, -0.25) is 0 Å². The van der Waals surface area contributed by atoms with Crippen LogP contribution >= 0.6 is 11.3 Å². The molecule has 0 unspecified atom stereocenters. The number of nitrogens with zero attached hydrogens (tertiary/aromatic N) is 3. The summed E-state index contributed by atoms with van der Waals surface area (Å²) in [4.78, 5) is 2.49. The molecule has 0 aliphatic carbocycles. The van der Waals surface area contributed by atoms with Crippen molar-refractivity contribution in [3.8, 4) is 0 Å². The van der Waals surface area contributed by atoms with Crippen LogP contribution in [-0.4, -0.2) is 34.7 Å². The first-order valence-corrected chi connectivity index (χ1v) is 5.66. The van der Waals surface area contributed by atoms with Gasteiger partial charge in [0.25, 0.3) is 0 Å². The highest BCUT2D eigenvalue weighted by Gasteiger charge is 2.06. The van der Waals surface area contributed by atoms with Crippen LogP contribution < -0.4 is 0 Å². The predicted octanol–water partition coefficient (Wildman–Crippen LogP) is 1.95. The van der Waals surface area contributed by atoms with Crippen molar-refractivity contribution in [2.45, 2.75) is 26.7 Å². The third-order valence-electron chi connectivity index (χ3n) is 2.11. The van der Waals surface area contributed by atoms with Crippen LogP contribution in [0.25, 0.3) is 0 Å². The first-order chi connectivity index (χ1) is 6.33. The van der Waals surface area contributed by atoms with E-state index >= 15 is 0 Å². The normalized spacial score (nSPS) is 16.8. The number of hydrogen-bond donors (Lipinski definition) is 0. The van der Waals surface area contributed by atoms with Crippen LogP contribution in [0.3, 0.4) is 0 Å². The zero-order valence-electron chi connectivity index (χ0n) is 8.36. The fourth-order valence-electron chi connectivity index (χ4n) is 1.33. The average Bonchev–Trinajstić information content (AvgIpc) is 2.76. The van der Waals surface area contributed by atoms with Crippen molar-refractivity contribution in [2.24, 2.45) is 0 Å². The largest absolute Gasteiger partial charge is 0.304 e. The van der Waals surface area contributed by atoms with Crippen LogP contribution in [0.4, 0.5) is 0 Å². The van der Waals surface area contributed by atoms with Gasteiger partial charge in [-0.15, -0.1) is 21.5 Å². The zero-order valence-corrected chi connectivity index (χ0v) is 9.18. The molecule has 1 saturated heterocycles. The van der Waals surface area contributed by atoms with Crippen molar-refractivity contribution in [3.05, 3.63) is 10.5 Å². The summed E-state index contributed by atoms with van der Waals surface area (Å²) >= 11 is 1.56. The molecule has 74 valence electrons. The summed E-state index contributed by atoms with van der Waals surface area (Å²) in [5, 5.41) is 8.30. The molecule has 13 heavy (non-hydrogen) atoms. The molecule has 0 radical (unpaired) electrons. The standard InChI is InChI=1S/C6H13N.C3H4N2S/c1-2-7-5-3-4-6-7;1-3-5-4-2-6-3/h2-6H2,1H3;2H,1H3. The molecule has 2 heterocycles. The lowest BCUT2D eigenvalue weighted by atomic mass is 10.4. The Balaban J connectivity index is 0.000000132. The van der Waals surface area contributed by atoms with E-state index in [1.807, 2.05) is 6.92 Å². The Labute approximate surface area is 83.8 Å². The van der Waals surface area contributed by atoms with Gasteiger partial charge in [0, 0.05) is 0 Å². The Morgan fingerprint density at radius 2 is 2.15 bits per heavy atom. The maximum Gasteiger partial charge on any atom is 0.114 e. The highest BCUT2D eigenvalue weighted by atomic mass is 32.1. The summed E-state index contributed by atoms with van der Waals surface area (Å²) in [6.07, 6.45) is 2.85. The smallest absolute Gasteiger partial charge is 0.114 e. The van der Waals surface area contributed by atoms with Gasteiger partial charge in [0.05, 0.1) is 0 Å². The number of rotatable bonds is 1. The quantitative estimate of drug-likeness (QED) is 0.692. The lowest BCUT2D eigenvalue weighted by molar-refractivity contribution is 0.359. The van der Waals surface area contributed by atoms with Gasteiger partial charge in [0.15, 0.2) is 0 Å². The summed E-state index contributed by atoms with van der Waals surface area (Å²) in [6.45, 7) is 8.09. The summed E-state index contributed by atoms with van der Waals surface area (Å²) in [6, 6.07) is 0. The molecule has 0 N–H and O–H groups in total. The molecule has 1 aromatic heterocycles. The predicted molar refractivity (Wildman–Crippen MR) is 56.0 cm³/mol. The third-order valence-corrected chi connectivity index (χ3v) is 2.74. The lowest BCUT2D eigenvalue weighted by Crippen LogP contribution is -2.17. The molecule has 2 rings (SSSR count). The van der Waals surface area contributed by atoms with Gasteiger partial charge in [-0.1, -0.05) is 6.92 Å². The number of aryl methyl sites for hydroxylation is 1. The molecule has 1 aliphatic heterocycles. The highest BCUT2D eigenvalue weighted by molar-refractivity contribution is 7.09. The van der Waals surface area contributed by atoms with Crippen LogP contribution in [0.5, 0.6) is 0 Å². The van der Waals surface area contributed by atoms with Crippen LogP contribution in [0.15, 0.2) is 5.51 Å². The Hall–Kier alpha value is -0.480. The molecule has 0 bridgehead atoms. The minimum Gasteiger partial charge on any atom is -0.304 e. The van der Waals surface area contributed by atoms with Crippen molar-refractivity contribution < 1.29 is 0 Å².